The van der Waals surface area contributed by atoms with Crippen LogP contribution in [0.2, 0.25) is 0 Å². The van der Waals surface area contributed by atoms with Crippen molar-refractivity contribution in [3.63, 3.8) is 0 Å². The molecule has 0 unspecified atom stereocenters. The molecule has 1 aromatic rings. The monoisotopic (exact) mass is 329 g/mol. The van der Waals surface area contributed by atoms with E-state index in [1.165, 1.54) is 18.2 Å². The molecule has 0 spiro atoms. The molecule has 1 heterocycles. The van der Waals surface area contributed by atoms with Crippen LogP contribution in [0.25, 0.3) is 0 Å². The number of hydrogen-bond acceptors (Lipinski definition) is 5. The molecule has 3 rings (SSSR count). The molecule has 1 aliphatic carbocycles. The Morgan fingerprint density at radius 3 is 2.25 bits per heavy atom. The molecular formula is C17H17N2O5-. The molecule has 0 bridgehead atoms. The fourth-order valence-electron chi connectivity index (χ4n) is 3.49. The molecule has 2 fully saturated rings. The molecule has 3 amide bonds. The first kappa shape index (κ1) is 16.2. The molecule has 1 aliphatic heterocycles. The van der Waals surface area contributed by atoms with Gasteiger partial charge in [0.15, 0.2) is 0 Å². The van der Waals surface area contributed by atoms with E-state index >= 15 is 0 Å². The van der Waals surface area contributed by atoms with Crippen LogP contribution in [0.4, 0.5) is 5.69 Å². The van der Waals surface area contributed by atoms with Crippen molar-refractivity contribution >= 4 is 29.4 Å². The van der Waals surface area contributed by atoms with Gasteiger partial charge in [0.25, 0.3) is 0 Å². The van der Waals surface area contributed by atoms with Crippen molar-refractivity contribution in [3.05, 3.63) is 29.8 Å². The summed E-state index contributed by atoms with van der Waals surface area (Å²) in [6.07, 6.45) is 3.19. The number of hydrogen-bond donors (Lipinski definition) is 1. The number of nitrogens with zero attached hydrogens (tertiary/aromatic N) is 1. The predicted molar refractivity (Wildman–Crippen MR) is 81.6 cm³/mol. The van der Waals surface area contributed by atoms with Gasteiger partial charge < -0.3 is 15.2 Å². The summed E-state index contributed by atoms with van der Waals surface area (Å²) in [4.78, 5) is 48.9. The second-order valence-corrected chi connectivity index (χ2v) is 6.14. The van der Waals surface area contributed by atoms with Gasteiger partial charge in [-0.25, -0.2) is 0 Å². The van der Waals surface area contributed by atoms with Crippen LogP contribution in [0.15, 0.2) is 24.3 Å². The van der Waals surface area contributed by atoms with Crippen LogP contribution < -0.4 is 10.4 Å². The molecule has 24 heavy (non-hydrogen) atoms. The van der Waals surface area contributed by atoms with E-state index in [-0.39, 0.29) is 34.9 Å². The summed E-state index contributed by atoms with van der Waals surface area (Å²) in [7, 11) is 0. The van der Waals surface area contributed by atoms with Crippen molar-refractivity contribution in [2.45, 2.75) is 25.7 Å². The van der Waals surface area contributed by atoms with Crippen LogP contribution in [0.5, 0.6) is 0 Å². The summed E-state index contributed by atoms with van der Waals surface area (Å²) in [5.41, 5.74) is -0.0717. The van der Waals surface area contributed by atoms with E-state index < -0.39 is 18.4 Å². The van der Waals surface area contributed by atoms with E-state index in [9.17, 15) is 24.3 Å². The van der Waals surface area contributed by atoms with Crippen molar-refractivity contribution in [2.75, 3.05) is 11.9 Å². The van der Waals surface area contributed by atoms with Crippen molar-refractivity contribution in [1.82, 2.24) is 4.90 Å². The Bertz CT molecular complexity index is 691. The molecular weight excluding hydrogens is 312 g/mol. The number of carbonyl (C=O) groups excluding carboxylic acids is 4. The molecule has 0 radical (unpaired) electrons. The first-order chi connectivity index (χ1) is 11.5. The van der Waals surface area contributed by atoms with E-state index in [4.69, 9.17) is 0 Å². The fraction of sp³-hybridized carbons (Fsp3) is 0.412. The average molecular weight is 329 g/mol. The van der Waals surface area contributed by atoms with E-state index in [2.05, 4.69) is 5.32 Å². The van der Waals surface area contributed by atoms with Crippen LogP contribution in [-0.2, 0) is 14.4 Å². The number of rotatable bonds is 4. The zero-order chi connectivity index (χ0) is 17.3. The van der Waals surface area contributed by atoms with Crippen molar-refractivity contribution in [2.24, 2.45) is 11.8 Å². The highest BCUT2D eigenvalue weighted by molar-refractivity contribution is 6.09. The highest BCUT2D eigenvalue weighted by Crippen LogP contribution is 2.37. The average Bonchev–Trinajstić information content (AvgIpc) is 2.80. The minimum Gasteiger partial charge on any atom is -0.545 e. The zero-order valence-electron chi connectivity index (χ0n) is 13.0. The van der Waals surface area contributed by atoms with Gasteiger partial charge in [-0.05, 0) is 18.9 Å². The van der Waals surface area contributed by atoms with E-state index in [1.807, 2.05) is 0 Å². The molecule has 7 nitrogen and oxygen atoms in total. The Morgan fingerprint density at radius 2 is 1.67 bits per heavy atom. The summed E-state index contributed by atoms with van der Waals surface area (Å²) >= 11 is 0. The third kappa shape index (κ3) is 2.89. The molecule has 1 N–H and O–H groups in total. The van der Waals surface area contributed by atoms with E-state index in [0.717, 1.165) is 17.7 Å². The minimum atomic E-state index is -1.41. The van der Waals surface area contributed by atoms with Gasteiger partial charge in [-0.3, -0.25) is 19.3 Å². The van der Waals surface area contributed by atoms with E-state index in [0.29, 0.717) is 12.8 Å². The van der Waals surface area contributed by atoms with Crippen molar-refractivity contribution in [3.8, 4) is 0 Å². The number of amides is 3. The Hall–Kier alpha value is -2.70. The number of benzene rings is 1. The Balaban J connectivity index is 1.70. The van der Waals surface area contributed by atoms with Crippen LogP contribution in [0, 0.1) is 11.8 Å². The smallest absolute Gasteiger partial charge is 0.244 e. The summed E-state index contributed by atoms with van der Waals surface area (Å²) in [6, 6.07) is 5.82. The van der Waals surface area contributed by atoms with Gasteiger partial charge in [0, 0.05) is 11.3 Å². The predicted octanol–water partition coefficient (Wildman–Crippen LogP) is 0.164. The number of aromatic carboxylic acids is 1. The molecule has 1 aromatic carbocycles. The number of carboxylic acid groups (broad SMARTS) is 1. The maximum Gasteiger partial charge on any atom is 0.244 e. The Morgan fingerprint density at radius 1 is 1.08 bits per heavy atom. The Labute approximate surface area is 138 Å². The van der Waals surface area contributed by atoms with Crippen molar-refractivity contribution < 1.29 is 24.3 Å². The molecule has 7 heteroatoms. The number of fused-ring (bicyclic) bond motifs is 1. The molecule has 1 saturated heterocycles. The van der Waals surface area contributed by atoms with Gasteiger partial charge >= 0.3 is 0 Å². The number of carboxylic acids is 1. The molecule has 1 saturated carbocycles. The summed E-state index contributed by atoms with van der Waals surface area (Å²) < 4.78 is 0. The van der Waals surface area contributed by atoms with Gasteiger partial charge in [0.2, 0.25) is 17.7 Å². The minimum absolute atomic E-state index is 0.0824. The number of para-hydroxylation sites is 1. The topological polar surface area (TPSA) is 107 Å². The van der Waals surface area contributed by atoms with Crippen molar-refractivity contribution in [1.29, 1.82) is 0 Å². The number of carbonyl (C=O) groups is 4. The lowest BCUT2D eigenvalue weighted by Crippen LogP contribution is -2.38. The summed E-state index contributed by atoms with van der Waals surface area (Å²) in [6.45, 7) is -0.397. The number of nitrogens with one attached hydrogen (secondary N) is 1. The number of imide groups is 1. The highest BCUT2D eigenvalue weighted by atomic mass is 16.4. The maximum atomic E-state index is 12.3. The standard InChI is InChI=1S/C17H18N2O5/c20-14(18-13-8-4-3-7-12(13)17(23)24)9-19-15(21)10-5-1-2-6-11(10)16(19)22/h3-4,7-8,10-11H,1-2,5-6,9H2,(H,18,20)(H,23,24)/p-1/t10-,11-/m1/s1. The highest BCUT2D eigenvalue weighted by Gasteiger charge is 2.48. The first-order valence-electron chi connectivity index (χ1n) is 7.94. The molecule has 2 atom stereocenters. The molecule has 2 aliphatic rings. The molecule has 126 valence electrons. The lowest BCUT2D eigenvalue weighted by Gasteiger charge is -2.19. The van der Waals surface area contributed by atoms with Crippen LogP contribution >= 0.6 is 0 Å². The van der Waals surface area contributed by atoms with Crippen LogP contribution in [-0.4, -0.2) is 35.1 Å². The third-order valence-electron chi connectivity index (χ3n) is 4.66. The second-order valence-electron chi connectivity index (χ2n) is 6.14. The lowest BCUT2D eigenvalue weighted by molar-refractivity contribution is -0.254. The first-order valence-corrected chi connectivity index (χ1v) is 7.94. The lowest BCUT2D eigenvalue weighted by atomic mass is 9.81. The van der Waals surface area contributed by atoms with Gasteiger partial charge in [0.05, 0.1) is 17.8 Å². The van der Waals surface area contributed by atoms with Crippen LogP contribution in [0.1, 0.15) is 36.0 Å². The summed E-state index contributed by atoms with van der Waals surface area (Å²) in [5.74, 6) is -3.24. The Kier molecular flexibility index (Phi) is 4.33. The SMILES string of the molecule is O=C(CN1C(=O)[C@@H]2CCCC[C@H]2C1=O)Nc1ccccc1C(=O)[O-]. The third-order valence-corrected chi connectivity index (χ3v) is 4.66. The fourth-order valence-corrected chi connectivity index (χ4v) is 3.49. The maximum absolute atomic E-state index is 12.3. The van der Waals surface area contributed by atoms with E-state index in [1.54, 1.807) is 6.07 Å². The van der Waals surface area contributed by atoms with Gasteiger partial charge in [-0.1, -0.05) is 31.0 Å². The van der Waals surface area contributed by atoms with Gasteiger partial charge in [-0.2, -0.15) is 0 Å². The second kappa shape index (κ2) is 6.43. The zero-order valence-corrected chi connectivity index (χ0v) is 13.0. The summed E-state index contributed by atoms with van der Waals surface area (Å²) in [5, 5.41) is 13.5. The number of likely N-dealkylation sites (tertiary alicyclic amines) is 1. The van der Waals surface area contributed by atoms with Gasteiger partial charge in [0.1, 0.15) is 6.54 Å². The van der Waals surface area contributed by atoms with Crippen LogP contribution in [0.3, 0.4) is 0 Å². The normalized spacial score (nSPS) is 23.1. The quantitative estimate of drug-likeness (QED) is 0.792. The largest absolute Gasteiger partial charge is 0.545 e. The van der Waals surface area contributed by atoms with Gasteiger partial charge in [-0.15, -0.1) is 0 Å². The molecule has 0 aromatic heterocycles. The number of anilines is 1.